The molecule has 126 valence electrons. The third kappa shape index (κ3) is 2.38. The minimum atomic E-state index is -0.695. The smallest absolute Gasteiger partial charge is 0.368 e. The molecule has 2 aromatic rings. The second-order valence-corrected chi connectivity index (χ2v) is 5.33. The largest absolute Gasteiger partial charge is 0.377 e. The lowest BCUT2D eigenvalue weighted by molar-refractivity contribution is -0.157. The molecule has 24 heavy (non-hydrogen) atoms. The van der Waals surface area contributed by atoms with E-state index in [1.165, 1.54) is 13.1 Å². The molecule has 0 saturated carbocycles. The monoisotopic (exact) mass is 333 g/mol. The molecule has 0 aliphatic carbocycles. The van der Waals surface area contributed by atoms with Gasteiger partial charge >= 0.3 is 5.69 Å². The van der Waals surface area contributed by atoms with Crippen LogP contribution in [0.1, 0.15) is 24.8 Å². The minimum absolute atomic E-state index is 0.0755. The van der Waals surface area contributed by atoms with E-state index in [0.29, 0.717) is 18.5 Å². The minimum Gasteiger partial charge on any atom is -0.377 e. The Balaban J connectivity index is 2.18. The zero-order valence-corrected chi connectivity index (χ0v) is 13.3. The molecule has 1 aliphatic rings. The summed E-state index contributed by atoms with van der Waals surface area (Å²) in [5.41, 5.74) is -0.155. The molecule has 1 aromatic heterocycles. The van der Waals surface area contributed by atoms with E-state index in [2.05, 4.69) is 17.0 Å². The number of rotatable bonds is 4. The first-order valence-corrected chi connectivity index (χ1v) is 7.41. The van der Waals surface area contributed by atoms with Gasteiger partial charge in [-0.25, -0.2) is 9.18 Å². The fraction of sp³-hybridized carbons (Fsp3) is 0.333. The van der Waals surface area contributed by atoms with Crippen molar-refractivity contribution in [2.24, 2.45) is 0 Å². The van der Waals surface area contributed by atoms with Crippen LogP contribution in [0.5, 0.6) is 5.75 Å². The van der Waals surface area contributed by atoms with Gasteiger partial charge in [0.2, 0.25) is 0 Å². The number of halogens is 1. The SMILES string of the molecule is C=CCC1C(=O)N(C)Oc2cc(F)c(-n3nnn(CC)c3=O)cc21. The van der Waals surface area contributed by atoms with Gasteiger partial charge in [0.25, 0.3) is 5.91 Å². The molecule has 1 atom stereocenters. The van der Waals surface area contributed by atoms with Crippen molar-refractivity contribution in [2.45, 2.75) is 25.8 Å². The summed E-state index contributed by atoms with van der Waals surface area (Å²) in [6.07, 6.45) is 1.97. The Kier molecular flexibility index (Phi) is 3.92. The summed E-state index contributed by atoms with van der Waals surface area (Å²) in [5, 5.41) is 8.43. The van der Waals surface area contributed by atoms with E-state index >= 15 is 0 Å². The molecule has 3 rings (SSSR count). The maximum atomic E-state index is 14.5. The van der Waals surface area contributed by atoms with E-state index in [4.69, 9.17) is 4.84 Å². The lowest BCUT2D eigenvalue weighted by Gasteiger charge is -2.30. The van der Waals surface area contributed by atoms with E-state index in [1.807, 2.05) is 0 Å². The summed E-state index contributed by atoms with van der Waals surface area (Å²) >= 11 is 0. The number of benzene rings is 1. The first kappa shape index (κ1) is 15.9. The highest BCUT2D eigenvalue weighted by atomic mass is 19.1. The number of fused-ring (bicyclic) bond motifs is 1. The Bertz CT molecular complexity index is 872. The summed E-state index contributed by atoms with van der Waals surface area (Å²) in [4.78, 5) is 29.8. The van der Waals surface area contributed by atoms with Gasteiger partial charge in [-0.15, -0.1) is 6.58 Å². The average molecular weight is 333 g/mol. The van der Waals surface area contributed by atoms with Crippen LogP contribution in [-0.4, -0.2) is 37.8 Å². The van der Waals surface area contributed by atoms with E-state index < -0.39 is 17.4 Å². The number of likely N-dealkylation sites (N-methyl/N-ethyl adjacent to an activating group) is 1. The van der Waals surface area contributed by atoms with Crippen LogP contribution in [0.25, 0.3) is 5.69 Å². The molecule has 0 N–H and O–H groups in total. The lowest BCUT2D eigenvalue weighted by Crippen LogP contribution is -2.39. The molecule has 0 spiro atoms. The van der Waals surface area contributed by atoms with Gasteiger partial charge in [-0.1, -0.05) is 6.08 Å². The summed E-state index contributed by atoms with van der Waals surface area (Å²) in [5.74, 6) is -1.31. The molecule has 1 unspecified atom stereocenters. The summed E-state index contributed by atoms with van der Waals surface area (Å²) < 4.78 is 16.4. The average Bonchev–Trinajstić information content (AvgIpc) is 2.92. The van der Waals surface area contributed by atoms with Crippen LogP contribution in [0.15, 0.2) is 29.6 Å². The molecular formula is C15H16FN5O3. The van der Waals surface area contributed by atoms with Gasteiger partial charge in [0.15, 0.2) is 11.6 Å². The zero-order chi connectivity index (χ0) is 17.4. The van der Waals surface area contributed by atoms with Gasteiger partial charge in [-0.3, -0.25) is 4.79 Å². The van der Waals surface area contributed by atoms with E-state index in [9.17, 15) is 14.0 Å². The van der Waals surface area contributed by atoms with Crippen molar-refractivity contribution in [3.63, 3.8) is 0 Å². The van der Waals surface area contributed by atoms with Crippen LogP contribution in [0, 0.1) is 5.82 Å². The first-order valence-electron chi connectivity index (χ1n) is 7.41. The molecule has 8 nitrogen and oxygen atoms in total. The summed E-state index contributed by atoms with van der Waals surface area (Å²) in [6.45, 7) is 5.69. The highest BCUT2D eigenvalue weighted by Crippen LogP contribution is 2.37. The second kappa shape index (κ2) is 5.91. The molecule has 0 bridgehead atoms. The Labute approximate surface area is 136 Å². The van der Waals surface area contributed by atoms with E-state index in [0.717, 1.165) is 20.5 Å². The van der Waals surface area contributed by atoms with Gasteiger partial charge in [0.1, 0.15) is 5.69 Å². The number of tetrazole rings is 1. The number of aryl methyl sites for hydroxylation is 1. The van der Waals surface area contributed by atoms with Crippen molar-refractivity contribution in [3.05, 3.63) is 46.7 Å². The number of carbonyl (C=O) groups is 1. The summed E-state index contributed by atoms with van der Waals surface area (Å²) in [7, 11) is 1.46. The number of hydrogen-bond donors (Lipinski definition) is 0. The third-order valence-corrected chi connectivity index (χ3v) is 3.87. The number of amides is 1. The Morgan fingerprint density at radius 3 is 2.75 bits per heavy atom. The molecular weight excluding hydrogens is 317 g/mol. The number of aromatic nitrogens is 4. The molecule has 1 aromatic carbocycles. The van der Waals surface area contributed by atoms with Crippen molar-refractivity contribution < 1.29 is 14.0 Å². The number of hydrogen-bond acceptors (Lipinski definition) is 5. The maximum Gasteiger partial charge on any atom is 0.368 e. The molecule has 1 aliphatic heterocycles. The van der Waals surface area contributed by atoms with Gasteiger partial charge in [-0.05, 0) is 29.8 Å². The lowest BCUT2D eigenvalue weighted by atomic mass is 9.92. The second-order valence-electron chi connectivity index (χ2n) is 5.33. The normalized spacial score (nSPS) is 16.7. The molecule has 9 heteroatoms. The van der Waals surface area contributed by atoms with Gasteiger partial charge in [0, 0.05) is 25.2 Å². The molecule has 0 fully saturated rings. The molecule has 0 radical (unpaired) electrons. The van der Waals surface area contributed by atoms with E-state index in [1.54, 1.807) is 13.0 Å². The number of allylic oxidation sites excluding steroid dienone is 1. The topological polar surface area (TPSA) is 82.2 Å². The van der Waals surface area contributed by atoms with Crippen molar-refractivity contribution in [3.8, 4) is 11.4 Å². The standard InChI is InChI=1S/C15H16FN5O3/c1-4-6-9-10-7-12(21-15(23)20(5-2)17-18-21)11(16)8-13(10)24-19(3)14(9)22/h4,7-9H,1,5-6H2,2-3H3. The fourth-order valence-electron chi connectivity index (χ4n) is 2.64. The van der Waals surface area contributed by atoms with Crippen LogP contribution in [0.4, 0.5) is 4.39 Å². The van der Waals surface area contributed by atoms with Crippen molar-refractivity contribution in [1.82, 2.24) is 24.9 Å². The zero-order valence-electron chi connectivity index (χ0n) is 13.3. The third-order valence-electron chi connectivity index (χ3n) is 3.87. The Morgan fingerprint density at radius 1 is 1.38 bits per heavy atom. The Hall–Kier alpha value is -2.97. The molecule has 1 amide bonds. The maximum absolute atomic E-state index is 14.5. The predicted molar refractivity (Wildman–Crippen MR) is 82.2 cm³/mol. The van der Waals surface area contributed by atoms with Crippen LogP contribution in [0.2, 0.25) is 0 Å². The van der Waals surface area contributed by atoms with Crippen molar-refractivity contribution in [2.75, 3.05) is 7.05 Å². The van der Waals surface area contributed by atoms with Crippen LogP contribution in [0.3, 0.4) is 0 Å². The highest BCUT2D eigenvalue weighted by Gasteiger charge is 2.34. The molecule has 2 heterocycles. The van der Waals surface area contributed by atoms with Crippen molar-refractivity contribution in [1.29, 1.82) is 0 Å². The van der Waals surface area contributed by atoms with Crippen LogP contribution < -0.4 is 10.5 Å². The highest BCUT2D eigenvalue weighted by molar-refractivity contribution is 5.85. The van der Waals surface area contributed by atoms with Crippen LogP contribution in [-0.2, 0) is 11.3 Å². The predicted octanol–water partition coefficient (Wildman–Crippen LogP) is 1.01. The summed E-state index contributed by atoms with van der Waals surface area (Å²) in [6, 6.07) is 2.54. The van der Waals surface area contributed by atoms with Crippen molar-refractivity contribution >= 4 is 5.91 Å². The Morgan fingerprint density at radius 2 is 2.12 bits per heavy atom. The van der Waals surface area contributed by atoms with Gasteiger partial charge in [0.05, 0.1) is 5.92 Å². The van der Waals surface area contributed by atoms with E-state index in [-0.39, 0.29) is 17.3 Å². The number of nitrogens with zero attached hydrogens (tertiary/aromatic N) is 5. The molecule has 0 saturated heterocycles. The number of carbonyl (C=O) groups excluding carboxylic acids is 1. The van der Waals surface area contributed by atoms with Gasteiger partial charge < -0.3 is 4.84 Å². The fourth-order valence-corrected chi connectivity index (χ4v) is 2.64. The quantitative estimate of drug-likeness (QED) is 0.780. The first-order chi connectivity index (χ1) is 11.5. The van der Waals surface area contributed by atoms with Crippen LogP contribution >= 0.6 is 0 Å². The number of hydroxylamine groups is 2. The van der Waals surface area contributed by atoms with Gasteiger partial charge in [-0.2, -0.15) is 14.4 Å².